The van der Waals surface area contributed by atoms with Crippen LogP contribution in [-0.4, -0.2) is 111 Å². The maximum atomic E-state index is 15.4. The normalized spacial score (nSPS) is 33.3. The Morgan fingerprint density at radius 3 is 2.08 bits per heavy atom. The van der Waals surface area contributed by atoms with Gasteiger partial charge in [0.1, 0.15) is 23.7 Å². The van der Waals surface area contributed by atoms with E-state index in [1.165, 1.54) is 25.7 Å². The Labute approximate surface area is 371 Å². The topological polar surface area (TPSA) is 131 Å². The quantitative estimate of drug-likeness (QED) is 0.0865. The molecule has 3 aliphatic heterocycles. The number of nitrogens with zero attached hydrogens (tertiary/aromatic N) is 3. The van der Waals surface area contributed by atoms with E-state index in [1.54, 1.807) is 11.0 Å². The predicted molar refractivity (Wildman–Crippen MR) is 241 cm³/mol. The zero-order chi connectivity index (χ0) is 43.4. The summed E-state index contributed by atoms with van der Waals surface area (Å²) >= 11 is 1.82. The van der Waals surface area contributed by atoms with Crippen LogP contribution in [-0.2, 0) is 24.0 Å². The molecule has 0 bridgehead atoms. The highest BCUT2D eigenvalue weighted by molar-refractivity contribution is 7.97. The number of likely N-dealkylation sites (tertiary alicyclic amines) is 2. The molecule has 4 amide bonds. The Bertz CT molecular complexity index is 1690. The monoisotopic (exact) mass is 863 g/mol. The largest absolute Gasteiger partial charge is 0.343 e. The zero-order valence-corrected chi connectivity index (χ0v) is 39.1. The van der Waals surface area contributed by atoms with Gasteiger partial charge in [-0.3, -0.25) is 33.2 Å². The lowest BCUT2D eigenvalue weighted by Gasteiger charge is -2.38. The minimum atomic E-state index is -0.982. The minimum absolute atomic E-state index is 0.00189. The average Bonchev–Trinajstić information content (AvgIpc) is 3.75. The molecule has 0 radical (unpaired) electrons. The Morgan fingerprint density at radius 2 is 1.48 bits per heavy atom. The van der Waals surface area contributed by atoms with E-state index < -0.39 is 29.1 Å². The van der Waals surface area contributed by atoms with Crippen LogP contribution in [0.4, 0.5) is 0 Å². The molecular weight excluding hydrogens is 785 g/mol. The molecule has 8 aliphatic rings. The summed E-state index contributed by atoms with van der Waals surface area (Å²) in [6, 6.07) is -2.19. The highest BCUT2D eigenvalue weighted by atomic mass is 32.2. The van der Waals surface area contributed by atoms with E-state index in [0.717, 1.165) is 109 Å². The average molecular weight is 863 g/mol. The Hall–Kier alpha value is -2.44. The Kier molecular flexibility index (Phi) is 13.0. The number of fused-ring (bicyclic) bond motifs is 1. The number of rotatable bonds is 16. The van der Waals surface area contributed by atoms with Gasteiger partial charge in [0.15, 0.2) is 5.78 Å². The van der Waals surface area contributed by atoms with Crippen LogP contribution in [0.1, 0.15) is 163 Å². The lowest BCUT2D eigenvalue weighted by atomic mass is 9.73. The van der Waals surface area contributed by atoms with Crippen molar-refractivity contribution in [2.24, 2.45) is 33.5 Å². The van der Waals surface area contributed by atoms with Crippen molar-refractivity contribution in [1.82, 2.24) is 30.1 Å². The summed E-state index contributed by atoms with van der Waals surface area (Å²) in [4.78, 5) is 77.5. The van der Waals surface area contributed by atoms with E-state index in [0.29, 0.717) is 31.8 Å². The molecule has 8 fully saturated rings. The van der Waals surface area contributed by atoms with Crippen molar-refractivity contribution >= 4 is 41.4 Å². The van der Waals surface area contributed by atoms with Crippen molar-refractivity contribution in [2.45, 2.75) is 199 Å². The van der Waals surface area contributed by atoms with Gasteiger partial charge >= 0.3 is 0 Å². The van der Waals surface area contributed by atoms with Crippen LogP contribution in [0.2, 0.25) is 0 Å². The van der Waals surface area contributed by atoms with Gasteiger partial charge in [0.2, 0.25) is 23.6 Å². The highest BCUT2D eigenvalue weighted by Gasteiger charge is 2.85. The number of carbonyl (C=O) groups excluding carboxylic acids is 5. The molecule has 2 spiro atoms. The second kappa shape index (κ2) is 17.5. The molecule has 7 unspecified atom stereocenters. The molecular formula is C49H78N6O5S. The van der Waals surface area contributed by atoms with Gasteiger partial charge in [-0.05, 0) is 112 Å². The Morgan fingerprint density at radius 1 is 0.787 bits per heavy atom. The first-order valence-corrected chi connectivity index (χ1v) is 25.6. The first kappa shape index (κ1) is 45.1. The number of nitrogens with one attached hydrogen (secondary N) is 3. The summed E-state index contributed by atoms with van der Waals surface area (Å²) in [5.74, 6) is -0.0605. The van der Waals surface area contributed by atoms with Crippen molar-refractivity contribution in [3.63, 3.8) is 0 Å². The minimum Gasteiger partial charge on any atom is -0.343 e. The third-order valence-electron chi connectivity index (χ3n) is 17.9. The first-order chi connectivity index (χ1) is 29.1. The van der Waals surface area contributed by atoms with Crippen LogP contribution in [0.25, 0.3) is 0 Å². The van der Waals surface area contributed by atoms with Gasteiger partial charge in [-0.15, -0.1) is 6.58 Å². The van der Waals surface area contributed by atoms with Gasteiger partial charge in [-0.2, -0.15) is 0 Å². The van der Waals surface area contributed by atoms with Crippen molar-refractivity contribution in [3.8, 4) is 0 Å². The lowest BCUT2D eigenvalue weighted by Crippen LogP contribution is -2.62. The summed E-state index contributed by atoms with van der Waals surface area (Å²) in [6.07, 6.45) is 21.2. The summed E-state index contributed by atoms with van der Waals surface area (Å²) in [5.41, 5.74) is -1.83. The van der Waals surface area contributed by atoms with Crippen molar-refractivity contribution < 1.29 is 24.0 Å². The number of carbonyl (C=O) groups is 5. The van der Waals surface area contributed by atoms with Crippen LogP contribution in [0, 0.1) is 33.5 Å². The van der Waals surface area contributed by atoms with Gasteiger partial charge in [0, 0.05) is 49.2 Å². The number of amides is 4. The second-order valence-electron chi connectivity index (χ2n) is 22.4. The smallest absolute Gasteiger partial charge is 0.246 e. The van der Waals surface area contributed by atoms with Crippen LogP contribution in [0.15, 0.2) is 12.7 Å². The molecule has 0 aromatic carbocycles. The number of hydrogen-bond donors (Lipinski definition) is 3. The van der Waals surface area contributed by atoms with E-state index in [4.69, 9.17) is 0 Å². The predicted octanol–water partition coefficient (Wildman–Crippen LogP) is 6.94. The summed E-state index contributed by atoms with van der Waals surface area (Å²) < 4.78 is 2.39. The van der Waals surface area contributed by atoms with Crippen molar-refractivity contribution in [2.75, 3.05) is 31.9 Å². The van der Waals surface area contributed by atoms with Gasteiger partial charge < -0.3 is 20.9 Å². The summed E-state index contributed by atoms with van der Waals surface area (Å²) in [5, 5.41) is 9.82. The number of hydrogen-bond acceptors (Lipinski definition) is 8. The molecule has 3 saturated heterocycles. The van der Waals surface area contributed by atoms with E-state index >= 15 is 4.79 Å². The maximum Gasteiger partial charge on any atom is 0.246 e. The van der Waals surface area contributed by atoms with Gasteiger partial charge in [0.05, 0.1) is 6.04 Å². The van der Waals surface area contributed by atoms with E-state index in [9.17, 15) is 19.2 Å². The molecule has 11 nitrogen and oxygen atoms in total. The van der Waals surface area contributed by atoms with Crippen LogP contribution in [0.5, 0.6) is 0 Å². The molecule has 7 atom stereocenters. The third-order valence-corrected chi connectivity index (χ3v) is 19.1. The second-order valence-corrected chi connectivity index (χ2v) is 23.5. The first-order valence-electron chi connectivity index (χ1n) is 24.6. The molecule has 5 saturated carbocycles. The van der Waals surface area contributed by atoms with E-state index in [-0.39, 0.29) is 63.5 Å². The molecule has 3 N–H and O–H groups in total. The van der Waals surface area contributed by atoms with Gasteiger partial charge in [0.25, 0.3) is 0 Å². The standard InChI is InChI=1S/C49H78N6O5S/c1-7-34-30-49(34,38(56)23-16-29-61-53-26-13-14-27-53)52-42(58)37-31-48(46(5,6)47(48)24-17-25-47)32-55(37)44(60)40(45(2,3)4)51-43(59)39(33-18-9-8-10-19-33)50-41(57)36-22-15-28-54(36)35-20-11-12-21-35/h7,33-37,39-40H,1,8-32H2,2-6H3,(H,50,57)(H,51,59)(H,52,58). The summed E-state index contributed by atoms with van der Waals surface area (Å²) in [6.45, 7) is 18.2. The fourth-order valence-corrected chi connectivity index (χ4v) is 14.9. The SMILES string of the molecule is C=CC1CC1(NC(=O)C1CC2(CN1C(=O)C(NC(=O)C(NC(=O)C1CCCN1C1CCCC1)C1CCCCC1)C(C)(C)C)C(C)(C)C21CCC1)C(=O)CCCSN1CCCC1. The maximum absolute atomic E-state index is 15.4. The van der Waals surface area contributed by atoms with Crippen molar-refractivity contribution in [3.05, 3.63) is 12.7 Å². The highest BCUT2D eigenvalue weighted by Crippen LogP contribution is 2.88. The van der Waals surface area contributed by atoms with Crippen LogP contribution in [0.3, 0.4) is 0 Å². The van der Waals surface area contributed by atoms with Crippen molar-refractivity contribution in [1.29, 1.82) is 0 Å². The van der Waals surface area contributed by atoms with Crippen LogP contribution >= 0.6 is 11.9 Å². The number of Topliss-reactive ketones (excluding diaryl/α,β-unsaturated/α-hetero) is 1. The van der Waals surface area contributed by atoms with Gasteiger partial charge in [-0.1, -0.05) is 91.2 Å². The molecule has 5 aliphatic carbocycles. The molecule has 340 valence electrons. The number of ketones is 1. The molecule has 3 heterocycles. The molecule has 61 heavy (non-hydrogen) atoms. The van der Waals surface area contributed by atoms with Crippen LogP contribution < -0.4 is 16.0 Å². The Balaban J connectivity index is 1.01. The zero-order valence-electron chi connectivity index (χ0n) is 38.3. The fourth-order valence-electron chi connectivity index (χ4n) is 13.8. The molecule has 12 heteroatoms. The molecule has 0 aromatic rings. The molecule has 0 aromatic heterocycles. The van der Waals surface area contributed by atoms with Gasteiger partial charge in [-0.25, -0.2) is 0 Å². The lowest BCUT2D eigenvalue weighted by molar-refractivity contribution is -0.145. The fraction of sp³-hybridized carbons (Fsp3) is 0.857. The summed E-state index contributed by atoms with van der Waals surface area (Å²) in [7, 11) is 0. The van der Waals surface area contributed by atoms with E-state index in [2.05, 4.69) is 45.6 Å². The van der Waals surface area contributed by atoms with E-state index in [1.807, 2.05) is 32.7 Å². The molecule has 8 rings (SSSR count). The third kappa shape index (κ3) is 8.16.